The third-order valence-corrected chi connectivity index (χ3v) is 4.11. The van der Waals surface area contributed by atoms with Crippen molar-refractivity contribution in [3.8, 4) is 0 Å². The van der Waals surface area contributed by atoms with Crippen LogP contribution in [0.2, 0.25) is 0 Å². The standard InChI is InChI=1S/C12H21NO/c1-9-7-8-10-5-3-4-6-11(10)13(2)12(9)14/h9-11H,3-8H2,1-2H3. The van der Waals surface area contributed by atoms with Gasteiger partial charge >= 0.3 is 0 Å². The van der Waals surface area contributed by atoms with E-state index in [4.69, 9.17) is 0 Å². The minimum absolute atomic E-state index is 0.255. The summed E-state index contributed by atoms with van der Waals surface area (Å²) in [6.45, 7) is 2.08. The van der Waals surface area contributed by atoms with Crippen LogP contribution in [0.15, 0.2) is 0 Å². The maximum Gasteiger partial charge on any atom is 0.225 e. The molecule has 1 aliphatic heterocycles. The van der Waals surface area contributed by atoms with Crippen LogP contribution >= 0.6 is 0 Å². The van der Waals surface area contributed by atoms with Crippen LogP contribution in [0.3, 0.4) is 0 Å². The molecule has 2 nitrogen and oxygen atoms in total. The highest BCUT2D eigenvalue weighted by molar-refractivity contribution is 5.78. The summed E-state index contributed by atoms with van der Waals surface area (Å²) in [4.78, 5) is 14.0. The van der Waals surface area contributed by atoms with Gasteiger partial charge in [0.05, 0.1) is 0 Å². The molecule has 1 saturated heterocycles. The molecule has 0 aromatic carbocycles. The minimum Gasteiger partial charge on any atom is -0.342 e. The molecule has 0 aromatic rings. The van der Waals surface area contributed by atoms with Gasteiger partial charge < -0.3 is 4.90 Å². The number of nitrogens with zero attached hydrogens (tertiary/aromatic N) is 1. The smallest absolute Gasteiger partial charge is 0.225 e. The monoisotopic (exact) mass is 195 g/mol. The second-order valence-corrected chi connectivity index (χ2v) is 5.04. The highest BCUT2D eigenvalue weighted by Crippen LogP contribution is 2.35. The van der Waals surface area contributed by atoms with Crippen LogP contribution in [0.1, 0.15) is 45.4 Å². The summed E-state index contributed by atoms with van der Waals surface area (Å²) in [5, 5.41) is 0. The van der Waals surface area contributed by atoms with Crippen LogP contribution in [0.4, 0.5) is 0 Å². The van der Waals surface area contributed by atoms with Crippen molar-refractivity contribution >= 4 is 5.91 Å². The first kappa shape index (κ1) is 10.0. The Balaban J connectivity index is 2.14. The highest BCUT2D eigenvalue weighted by atomic mass is 16.2. The van der Waals surface area contributed by atoms with Crippen molar-refractivity contribution in [3.63, 3.8) is 0 Å². The normalized spacial score (nSPS) is 39.1. The Bertz CT molecular complexity index is 226. The Hall–Kier alpha value is -0.530. The first-order valence-electron chi connectivity index (χ1n) is 5.97. The fraction of sp³-hybridized carbons (Fsp3) is 0.917. The number of carbonyl (C=O) groups excluding carboxylic acids is 1. The molecule has 0 N–H and O–H groups in total. The summed E-state index contributed by atoms with van der Waals surface area (Å²) < 4.78 is 0. The van der Waals surface area contributed by atoms with E-state index in [-0.39, 0.29) is 5.92 Å². The average Bonchev–Trinajstić information content (AvgIpc) is 2.32. The Morgan fingerprint density at radius 2 is 1.86 bits per heavy atom. The topological polar surface area (TPSA) is 20.3 Å². The number of hydrogen-bond acceptors (Lipinski definition) is 1. The van der Waals surface area contributed by atoms with Gasteiger partial charge in [-0.25, -0.2) is 0 Å². The molecular weight excluding hydrogens is 174 g/mol. The lowest BCUT2D eigenvalue weighted by atomic mass is 9.81. The highest BCUT2D eigenvalue weighted by Gasteiger charge is 2.35. The Kier molecular flexibility index (Phi) is 2.80. The van der Waals surface area contributed by atoms with Crippen molar-refractivity contribution in [2.24, 2.45) is 11.8 Å². The zero-order chi connectivity index (χ0) is 10.1. The van der Waals surface area contributed by atoms with Gasteiger partial charge in [0.15, 0.2) is 0 Å². The van der Waals surface area contributed by atoms with Crippen LogP contribution < -0.4 is 0 Å². The maximum absolute atomic E-state index is 11.9. The van der Waals surface area contributed by atoms with Crippen molar-refractivity contribution in [2.75, 3.05) is 7.05 Å². The van der Waals surface area contributed by atoms with Crippen molar-refractivity contribution < 1.29 is 4.79 Å². The summed E-state index contributed by atoms with van der Waals surface area (Å²) in [6.07, 6.45) is 7.63. The number of amides is 1. The van der Waals surface area contributed by atoms with Gasteiger partial charge in [0.2, 0.25) is 5.91 Å². The molecule has 1 amide bonds. The zero-order valence-electron chi connectivity index (χ0n) is 9.33. The Morgan fingerprint density at radius 3 is 2.64 bits per heavy atom. The molecule has 0 bridgehead atoms. The molecule has 2 rings (SSSR count). The molecule has 2 heteroatoms. The summed E-state index contributed by atoms with van der Waals surface area (Å²) in [6, 6.07) is 0.557. The van der Waals surface area contributed by atoms with Gasteiger partial charge in [0.1, 0.15) is 0 Å². The van der Waals surface area contributed by atoms with E-state index < -0.39 is 0 Å². The van der Waals surface area contributed by atoms with Gasteiger partial charge in [-0.3, -0.25) is 4.79 Å². The molecule has 14 heavy (non-hydrogen) atoms. The molecule has 1 aliphatic carbocycles. The SMILES string of the molecule is CC1CCC2CCCCC2N(C)C1=O. The van der Waals surface area contributed by atoms with E-state index in [9.17, 15) is 4.79 Å². The number of rotatable bonds is 0. The Labute approximate surface area is 86.7 Å². The molecule has 0 radical (unpaired) electrons. The molecule has 3 unspecified atom stereocenters. The molecule has 80 valence electrons. The summed E-state index contributed by atoms with van der Waals surface area (Å²) >= 11 is 0. The van der Waals surface area contributed by atoms with E-state index >= 15 is 0 Å². The second-order valence-electron chi connectivity index (χ2n) is 5.04. The predicted octanol–water partition coefficient (Wildman–Crippen LogP) is 2.43. The van der Waals surface area contributed by atoms with Gasteiger partial charge in [-0.2, -0.15) is 0 Å². The predicted molar refractivity (Wildman–Crippen MR) is 56.9 cm³/mol. The van der Waals surface area contributed by atoms with Crippen LogP contribution in [-0.4, -0.2) is 23.9 Å². The number of hydrogen-bond donors (Lipinski definition) is 0. The molecule has 2 aliphatic rings. The molecule has 0 spiro atoms. The molecule has 2 fully saturated rings. The molecule has 0 aromatic heterocycles. The van der Waals surface area contributed by atoms with Crippen LogP contribution in [0.5, 0.6) is 0 Å². The van der Waals surface area contributed by atoms with Gasteiger partial charge in [-0.05, 0) is 31.6 Å². The fourth-order valence-electron chi connectivity index (χ4n) is 3.13. The van der Waals surface area contributed by atoms with E-state index in [0.717, 1.165) is 12.3 Å². The van der Waals surface area contributed by atoms with Crippen molar-refractivity contribution in [1.29, 1.82) is 0 Å². The van der Waals surface area contributed by atoms with Gasteiger partial charge in [-0.1, -0.05) is 19.8 Å². The summed E-state index contributed by atoms with van der Waals surface area (Å²) in [7, 11) is 2.01. The van der Waals surface area contributed by atoms with E-state index in [1.54, 1.807) is 0 Å². The average molecular weight is 195 g/mol. The van der Waals surface area contributed by atoms with Gasteiger partial charge in [0, 0.05) is 19.0 Å². The van der Waals surface area contributed by atoms with Crippen LogP contribution in [0.25, 0.3) is 0 Å². The minimum atomic E-state index is 0.255. The summed E-state index contributed by atoms with van der Waals surface area (Å²) in [5.74, 6) is 1.42. The lowest BCUT2D eigenvalue weighted by molar-refractivity contribution is -0.135. The lowest BCUT2D eigenvalue weighted by Crippen LogP contribution is -2.42. The molecule has 3 atom stereocenters. The quantitative estimate of drug-likeness (QED) is 0.581. The number of carbonyl (C=O) groups is 1. The number of fused-ring (bicyclic) bond motifs is 1. The van der Waals surface area contributed by atoms with Crippen molar-refractivity contribution in [1.82, 2.24) is 4.90 Å². The number of likely N-dealkylation sites (tertiary alicyclic amines) is 1. The van der Waals surface area contributed by atoms with E-state index in [1.807, 2.05) is 11.9 Å². The second kappa shape index (κ2) is 3.92. The van der Waals surface area contributed by atoms with E-state index in [2.05, 4.69) is 6.92 Å². The van der Waals surface area contributed by atoms with Crippen molar-refractivity contribution in [3.05, 3.63) is 0 Å². The third kappa shape index (κ3) is 1.67. The van der Waals surface area contributed by atoms with Crippen LogP contribution in [-0.2, 0) is 4.79 Å². The zero-order valence-corrected chi connectivity index (χ0v) is 9.33. The van der Waals surface area contributed by atoms with E-state index in [1.165, 1.54) is 32.1 Å². The molecular formula is C12H21NO. The first-order chi connectivity index (χ1) is 6.70. The Morgan fingerprint density at radius 1 is 1.14 bits per heavy atom. The summed E-state index contributed by atoms with van der Waals surface area (Å²) in [5.41, 5.74) is 0. The largest absolute Gasteiger partial charge is 0.342 e. The third-order valence-electron chi connectivity index (χ3n) is 4.11. The lowest BCUT2D eigenvalue weighted by Gasteiger charge is -2.36. The first-order valence-corrected chi connectivity index (χ1v) is 5.97. The van der Waals surface area contributed by atoms with E-state index in [0.29, 0.717) is 11.9 Å². The molecule has 1 heterocycles. The van der Waals surface area contributed by atoms with Crippen molar-refractivity contribution in [2.45, 2.75) is 51.5 Å². The fourth-order valence-corrected chi connectivity index (χ4v) is 3.13. The van der Waals surface area contributed by atoms with Gasteiger partial charge in [0.25, 0.3) is 0 Å². The maximum atomic E-state index is 11.9. The van der Waals surface area contributed by atoms with Crippen LogP contribution in [0, 0.1) is 11.8 Å². The van der Waals surface area contributed by atoms with Gasteiger partial charge in [-0.15, -0.1) is 0 Å². The molecule has 1 saturated carbocycles.